The molecule has 5 nitrogen and oxygen atoms in total. The monoisotopic (exact) mass is 341 g/mol. The highest BCUT2D eigenvalue weighted by atomic mass is 79.9. The van der Waals surface area contributed by atoms with Gasteiger partial charge in [-0.05, 0) is 27.6 Å². The average Bonchev–Trinajstić information content (AvgIpc) is 2.39. The summed E-state index contributed by atoms with van der Waals surface area (Å²) in [5, 5.41) is 14.3. The molecule has 19 heavy (non-hydrogen) atoms. The lowest BCUT2D eigenvalue weighted by Gasteiger charge is -2.08. The van der Waals surface area contributed by atoms with Crippen molar-refractivity contribution >= 4 is 39.0 Å². The van der Waals surface area contributed by atoms with Crippen LogP contribution in [0.25, 0.3) is 0 Å². The molecule has 0 atom stereocenters. The molecule has 0 radical (unpaired) electrons. The normalized spacial score (nSPS) is 10.2. The molecule has 1 heterocycles. The number of halogens is 2. The van der Waals surface area contributed by atoms with E-state index in [1.165, 1.54) is 12.3 Å². The van der Waals surface area contributed by atoms with Crippen molar-refractivity contribution in [2.45, 2.75) is 6.54 Å². The molecule has 2 aromatic rings. The minimum atomic E-state index is -0.490. The lowest BCUT2D eigenvalue weighted by molar-refractivity contribution is -0.385. The fourth-order valence-electron chi connectivity index (χ4n) is 1.48. The van der Waals surface area contributed by atoms with Crippen molar-refractivity contribution in [3.63, 3.8) is 0 Å². The summed E-state index contributed by atoms with van der Waals surface area (Å²) in [6, 6.07) is 8.85. The molecule has 0 saturated heterocycles. The van der Waals surface area contributed by atoms with E-state index in [9.17, 15) is 10.1 Å². The maximum absolute atomic E-state index is 10.6. The number of pyridine rings is 1. The number of nitrogens with one attached hydrogen (secondary N) is 1. The van der Waals surface area contributed by atoms with Crippen LogP contribution < -0.4 is 5.32 Å². The first-order chi connectivity index (χ1) is 9.08. The van der Waals surface area contributed by atoms with Gasteiger partial charge < -0.3 is 5.32 Å². The zero-order chi connectivity index (χ0) is 13.8. The number of nitro groups is 1. The molecule has 7 heteroatoms. The molecule has 0 aliphatic rings. The Labute approximate surface area is 122 Å². The second-order valence-electron chi connectivity index (χ2n) is 3.73. The number of benzene rings is 1. The molecule has 0 bridgehead atoms. The zero-order valence-electron chi connectivity index (χ0n) is 9.64. The van der Waals surface area contributed by atoms with Crippen LogP contribution in [0.1, 0.15) is 5.56 Å². The molecule has 1 N–H and O–H groups in total. The Hall–Kier alpha value is -1.66. The Kier molecular flexibility index (Phi) is 4.34. The summed E-state index contributed by atoms with van der Waals surface area (Å²) in [4.78, 5) is 14.1. The van der Waals surface area contributed by atoms with Gasteiger partial charge in [0.15, 0.2) is 0 Å². The van der Waals surface area contributed by atoms with Gasteiger partial charge in [0.25, 0.3) is 5.69 Å². The number of aromatic nitrogens is 1. The number of anilines is 1. The van der Waals surface area contributed by atoms with E-state index >= 15 is 0 Å². The van der Waals surface area contributed by atoms with Gasteiger partial charge in [-0.1, -0.05) is 29.8 Å². The first-order valence-corrected chi connectivity index (χ1v) is 6.52. The molecule has 1 aromatic heterocycles. The predicted octanol–water partition coefficient (Wildman–Crippen LogP) is 4.02. The Bertz CT molecular complexity index is 622. The Morgan fingerprint density at radius 1 is 1.42 bits per heavy atom. The number of hydrogen-bond acceptors (Lipinski definition) is 4. The minimum absolute atomic E-state index is 0.0600. The van der Waals surface area contributed by atoms with Gasteiger partial charge in [0.2, 0.25) is 0 Å². The van der Waals surface area contributed by atoms with E-state index in [4.69, 9.17) is 11.6 Å². The fraction of sp³-hybridized carbons (Fsp3) is 0.0833. The van der Waals surface area contributed by atoms with E-state index in [2.05, 4.69) is 26.2 Å². The van der Waals surface area contributed by atoms with Crippen LogP contribution in [0.5, 0.6) is 0 Å². The molecule has 98 valence electrons. The van der Waals surface area contributed by atoms with Crippen LogP contribution in [-0.4, -0.2) is 9.91 Å². The molecule has 0 fully saturated rings. The van der Waals surface area contributed by atoms with Gasteiger partial charge in [-0.2, -0.15) is 0 Å². The molecule has 0 aliphatic heterocycles. The van der Waals surface area contributed by atoms with Gasteiger partial charge >= 0.3 is 0 Å². The van der Waals surface area contributed by atoms with Crippen LogP contribution in [0, 0.1) is 10.1 Å². The Morgan fingerprint density at radius 3 is 2.79 bits per heavy atom. The molecule has 2 rings (SSSR count). The quantitative estimate of drug-likeness (QED) is 0.673. The molecular weight excluding hydrogens is 334 g/mol. The molecule has 0 amide bonds. The maximum Gasteiger partial charge on any atom is 0.288 e. The Balaban J connectivity index is 2.12. The van der Waals surface area contributed by atoms with Crippen molar-refractivity contribution in [3.05, 3.63) is 61.7 Å². The molecule has 0 unspecified atom stereocenters. The highest BCUT2D eigenvalue weighted by Crippen LogP contribution is 2.25. The van der Waals surface area contributed by atoms with Crippen LogP contribution in [0.4, 0.5) is 11.5 Å². The van der Waals surface area contributed by atoms with Crippen LogP contribution >= 0.6 is 27.5 Å². The zero-order valence-corrected chi connectivity index (χ0v) is 12.0. The smallest absolute Gasteiger partial charge is 0.288 e. The van der Waals surface area contributed by atoms with Gasteiger partial charge in [0, 0.05) is 17.6 Å². The number of rotatable bonds is 4. The van der Waals surface area contributed by atoms with E-state index in [-0.39, 0.29) is 5.69 Å². The van der Waals surface area contributed by atoms with E-state index in [0.29, 0.717) is 21.9 Å². The minimum Gasteiger partial charge on any atom is -0.365 e. The molecule has 0 aliphatic carbocycles. The van der Waals surface area contributed by atoms with Crippen molar-refractivity contribution in [2.75, 3.05) is 5.32 Å². The van der Waals surface area contributed by atoms with Crippen LogP contribution in [0.15, 0.2) is 41.0 Å². The summed E-state index contributed by atoms with van der Waals surface area (Å²) in [5.41, 5.74) is 0.867. The van der Waals surface area contributed by atoms with Crippen molar-refractivity contribution < 1.29 is 4.92 Å². The van der Waals surface area contributed by atoms with Crippen LogP contribution in [-0.2, 0) is 6.54 Å². The largest absolute Gasteiger partial charge is 0.365 e. The van der Waals surface area contributed by atoms with E-state index in [0.717, 1.165) is 5.56 Å². The third-order valence-corrected chi connectivity index (χ3v) is 3.41. The lowest BCUT2D eigenvalue weighted by atomic mass is 10.2. The SMILES string of the molecule is O=[N+]([O-])c1cnc(NCc2ccccc2Cl)c(Br)c1. The summed E-state index contributed by atoms with van der Waals surface area (Å²) >= 11 is 9.28. The molecule has 0 spiro atoms. The van der Waals surface area contributed by atoms with Gasteiger partial charge in [-0.3, -0.25) is 10.1 Å². The van der Waals surface area contributed by atoms with Gasteiger partial charge in [0.05, 0.1) is 9.40 Å². The summed E-state index contributed by atoms with van der Waals surface area (Å²) in [7, 11) is 0. The van der Waals surface area contributed by atoms with Crippen molar-refractivity contribution in [1.82, 2.24) is 4.98 Å². The Morgan fingerprint density at radius 2 is 2.16 bits per heavy atom. The van der Waals surface area contributed by atoms with E-state index < -0.39 is 4.92 Å². The lowest BCUT2D eigenvalue weighted by Crippen LogP contribution is -2.03. The second kappa shape index (κ2) is 5.99. The van der Waals surface area contributed by atoms with Gasteiger partial charge in [-0.15, -0.1) is 0 Å². The topological polar surface area (TPSA) is 68.1 Å². The van der Waals surface area contributed by atoms with Gasteiger partial charge in [-0.25, -0.2) is 4.98 Å². The van der Waals surface area contributed by atoms with E-state index in [1.54, 1.807) is 6.07 Å². The highest BCUT2D eigenvalue weighted by molar-refractivity contribution is 9.10. The summed E-state index contributed by atoms with van der Waals surface area (Å²) in [6.45, 7) is 0.489. The van der Waals surface area contributed by atoms with Crippen molar-refractivity contribution in [1.29, 1.82) is 0 Å². The van der Waals surface area contributed by atoms with Gasteiger partial charge in [0.1, 0.15) is 12.0 Å². The van der Waals surface area contributed by atoms with E-state index in [1.807, 2.05) is 18.2 Å². The third-order valence-electron chi connectivity index (χ3n) is 2.44. The number of hydrogen-bond donors (Lipinski definition) is 1. The standard InChI is InChI=1S/C12H9BrClN3O2/c13-10-5-9(17(18)19)7-16-12(10)15-6-8-3-1-2-4-11(8)14/h1-5,7H,6H2,(H,15,16). The molecule has 0 saturated carbocycles. The summed E-state index contributed by atoms with van der Waals surface area (Å²) in [6.07, 6.45) is 1.21. The van der Waals surface area contributed by atoms with Crippen LogP contribution in [0.2, 0.25) is 5.02 Å². The number of nitrogens with zero attached hydrogens (tertiary/aromatic N) is 2. The average molecular weight is 343 g/mol. The second-order valence-corrected chi connectivity index (χ2v) is 4.99. The van der Waals surface area contributed by atoms with Crippen molar-refractivity contribution in [3.8, 4) is 0 Å². The molecule has 1 aromatic carbocycles. The maximum atomic E-state index is 10.6. The third kappa shape index (κ3) is 3.42. The van der Waals surface area contributed by atoms with Crippen molar-refractivity contribution in [2.24, 2.45) is 0 Å². The predicted molar refractivity (Wildman–Crippen MR) is 77.4 cm³/mol. The highest BCUT2D eigenvalue weighted by Gasteiger charge is 2.10. The van der Waals surface area contributed by atoms with Crippen LogP contribution in [0.3, 0.4) is 0 Å². The molecular formula is C12H9BrClN3O2. The first-order valence-electron chi connectivity index (χ1n) is 5.35. The summed E-state index contributed by atoms with van der Waals surface area (Å²) < 4.78 is 0.536. The summed E-state index contributed by atoms with van der Waals surface area (Å²) in [5.74, 6) is 0.533. The fourth-order valence-corrected chi connectivity index (χ4v) is 2.16. The first kappa shape index (κ1) is 13.8.